The van der Waals surface area contributed by atoms with Crippen molar-refractivity contribution in [2.24, 2.45) is 11.8 Å². The van der Waals surface area contributed by atoms with E-state index in [1.807, 2.05) is 25.3 Å². The number of nitrogens with zero attached hydrogens (tertiary/aromatic N) is 5. The highest BCUT2D eigenvalue weighted by Gasteiger charge is 2.51. The van der Waals surface area contributed by atoms with Crippen molar-refractivity contribution in [1.29, 1.82) is 5.26 Å². The van der Waals surface area contributed by atoms with Gasteiger partial charge in [-0.15, -0.1) is 0 Å². The van der Waals surface area contributed by atoms with Gasteiger partial charge in [-0.05, 0) is 86.3 Å². The van der Waals surface area contributed by atoms with Gasteiger partial charge in [0, 0.05) is 76.6 Å². The smallest absolute Gasteiger partial charge is 0.226 e. The van der Waals surface area contributed by atoms with E-state index in [1.165, 1.54) is 11.5 Å². The summed E-state index contributed by atoms with van der Waals surface area (Å²) in [5.74, 6) is 0.198. The number of pyridine rings is 1. The molecule has 2 aromatic carbocycles. The third-order valence-electron chi connectivity index (χ3n) is 11.5. The van der Waals surface area contributed by atoms with Gasteiger partial charge in [-0.3, -0.25) is 4.79 Å². The molecule has 5 aromatic rings. The van der Waals surface area contributed by atoms with Crippen molar-refractivity contribution in [2.75, 3.05) is 13.1 Å². The number of amides is 1. The Morgan fingerprint density at radius 2 is 2.04 bits per heavy atom. The van der Waals surface area contributed by atoms with Crippen LogP contribution in [0.5, 0.6) is 0 Å². The largest absolute Gasteiger partial charge is 0.370 e. The van der Waals surface area contributed by atoms with Gasteiger partial charge < -0.3 is 19.5 Å². The number of benzene rings is 2. The molecule has 3 aromatic heterocycles. The van der Waals surface area contributed by atoms with Crippen LogP contribution in [0.1, 0.15) is 72.4 Å². The summed E-state index contributed by atoms with van der Waals surface area (Å²) in [6.07, 6.45) is 3.99. The quantitative estimate of drug-likeness (QED) is 0.163. The van der Waals surface area contributed by atoms with Crippen molar-refractivity contribution < 1.29 is 13.9 Å². The fraction of sp³-hybridized carbons (Fsp3) is 0.436. The maximum Gasteiger partial charge on any atom is 0.226 e. The monoisotopic (exact) mass is 742 g/mol. The van der Waals surface area contributed by atoms with Crippen LogP contribution in [0, 0.1) is 42.8 Å². The van der Waals surface area contributed by atoms with E-state index in [0.717, 1.165) is 53.7 Å². The Labute approximate surface area is 309 Å². The first kappa shape index (κ1) is 33.3. The lowest BCUT2D eigenvalue weighted by molar-refractivity contribution is -0.134. The highest BCUT2D eigenvalue weighted by atomic mass is 35.5. The van der Waals surface area contributed by atoms with Crippen LogP contribution in [-0.4, -0.2) is 50.0 Å². The number of likely N-dealkylation sites (tertiary alicyclic amines) is 1. The SMILES string of the molecule is Cc1csnc1COC1CC(c2cc3c(C)nc4c(F)c(-c5cccc(Cl)c5Cl)c(CCC#N)cc4c3n2C2C3CNC2C3)N(C(=O)C2CC2)C1. The summed E-state index contributed by atoms with van der Waals surface area (Å²) < 4.78 is 30.6. The predicted octanol–water partition coefficient (Wildman–Crippen LogP) is 8.63. The normalized spacial score (nSPS) is 24.1. The lowest BCUT2D eigenvalue weighted by Gasteiger charge is -2.39. The molecule has 2 aliphatic carbocycles. The number of hydrogen-bond donors (Lipinski definition) is 1. The number of ether oxygens (including phenoxy) is 1. The Morgan fingerprint density at radius 3 is 2.75 bits per heavy atom. The third kappa shape index (κ3) is 5.47. The number of aryl methyl sites for hydroxylation is 3. The van der Waals surface area contributed by atoms with E-state index in [2.05, 4.69) is 31.3 Å². The first-order valence-corrected chi connectivity index (χ1v) is 19.4. The minimum absolute atomic E-state index is 0.0594. The fourth-order valence-electron chi connectivity index (χ4n) is 8.75. The maximum absolute atomic E-state index is 17.2. The van der Waals surface area contributed by atoms with Gasteiger partial charge in [0.15, 0.2) is 5.82 Å². The second kappa shape index (κ2) is 12.8. The number of halogens is 3. The highest BCUT2D eigenvalue weighted by molar-refractivity contribution is 7.03. The molecule has 0 radical (unpaired) electrons. The maximum atomic E-state index is 17.2. The lowest BCUT2D eigenvalue weighted by Crippen LogP contribution is -2.41. The topological polar surface area (TPSA) is 96.1 Å². The minimum atomic E-state index is -0.476. The summed E-state index contributed by atoms with van der Waals surface area (Å²) in [7, 11) is 0. The highest BCUT2D eigenvalue weighted by Crippen LogP contribution is 2.51. The minimum Gasteiger partial charge on any atom is -0.370 e. The number of carbonyl (C=O) groups excluding carboxylic acids is 1. The standard InChI is InChI=1S/C39H37Cl2FN6O2S/c1-19-18-51-46-30(19)17-50-24-13-31(47(16-24)39(49)21-8-9-21)32-14-26-20(2)45-36-27(38(26)48(32)37-23-12-29(37)44-15-23)11-22(5-4-10-43)33(35(36)42)25-6-3-7-28(40)34(25)41/h3,6-7,11,14,18,21,23-24,29,31,37,44H,4-5,8-9,12-13,15-17H2,1-2H3. The number of carbonyl (C=O) groups is 1. The van der Waals surface area contributed by atoms with E-state index in [4.69, 9.17) is 32.9 Å². The molecule has 6 heterocycles. The molecule has 0 spiro atoms. The lowest BCUT2D eigenvalue weighted by atomic mass is 9.79. The van der Waals surface area contributed by atoms with Crippen molar-refractivity contribution in [1.82, 2.24) is 24.1 Å². The third-order valence-corrected chi connectivity index (χ3v) is 13.2. The number of rotatable bonds is 9. The van der Waals surface area contributed by atoms with Crippen LogP contribution >= 0.6 is 34.7 Å². The summed E-state index contributed by atoms with van der Waals surface area (Å²) >= 11 is 14.5. The Balaban J connectivity index is 1.24. The molecular formula is C39H37Cl2FN6O2S. The summed E-state index contributed by atoms with van der Waals surface area (Å²) in [6, 6.07) is 11.9. The van der Waals surface area contributed by atoms with E-state index in [-0.39, 0.29) is 53.0 Å². The number of hydrogen-bond acceptors (Lipinski definition) is 7. The molecular weight excluding hydrogens is 706 g/mol. The van der Waals surface area contributed by atoms with Crippen LogP contribution < -0.4 is 5.32 Å². The van der Waals surface area contributed by atoms with Crippen LogP contribution in [0.3, 0.4) is 0 Å². The van der Waals surface area contributed by atoms with Gasteiger partial charge in [-0.1, -0.05) is 35.3 Å². The predicted molar refractivity (Wildman–Crippen MR) is 197 cm³/mol. The van der Waals surface area contributed by atoms with Gasteiger partial charge in [0.05, 0.1) is 52.1 Å². The molecule has 3 aliphatic heterocycles. The molecule has 1 amide bonds. The molecule has 5 unspecified atom stereocenters. The first-order chi connectivity index (χ1) is 24.7. The van der Waals surface area contributed by atoms with Gasteiger partial charge in [-0.25, -0.2) is 9.37 Å². The van der Waals surface area contributed by atoms with Crippen LogP contribution in [-0.2, 0) is 22.6 Å². The first-order valence-electron chi connectivity index (χ1n) is 17.8. The Kier molecular flexibility index (Phi) is 8.36. The fourth-order valence-corrected chi connectivity index (χ4v) is 9.82. The van der Waals surface area contributed by atoms with E-state index in [0.29, 0.717) is 64.7 Å². The molecule has 2 saturated carbocycles. The Bertz CT molecular complexity index is 2260. The Morgan fingerprint density at radius 1 is 1.20 bits per heavy atom. The van der Waals surface area contributed by atoms with Gasteiger partial charge >= 0.3 is 0 Å². The molecule has 1 N–H and O–H groups in total. The number of fused-ring (bicyclic) bond motifs is 4. The Hall–Kier alpha value is -3.59. The average Bonchev–Trinajstić information content (AvgIpc) is 3.55. The van der Waals surface area contributed by atoms with Gasteiger partial charge in [0.1, 0.15) is 5.52 Å². The second-order valence-electron chi connectivity index (χ2n) is 14.7. The van der Waals surface area contributed by atoms with Gasteiger partial charge in [0.2, 0.25) is 5.91 Å². The molecule has 2 bridgehead atoms. The number of aromatic nitrogens is 3. The van der Waals surface area contributed by atoms with Crippen LogP contribution in [0.25, 0.3) is 32.9 Å². The summed E-state index contributed by atoms with van der Waals surface area (Å²) in [5.41, 5.74) is 6.50. The summed E-state index contributed by atoms with van der Waals surface area (Å²) in [5, 5.41) is 17.6. The molecule has 10 rings (SSSR count). The van der Waals surface area contributed by atoms with E-state index >= 15 is 4.39 Å². The second-order valence-corrected chi connectivity index (χ2v) is 16.1. The molecule has 5 atom stereocenters. The van der Waals surface area contributed by atoms with Crippen LogP contribution in [0.4, 0.5) is 4.39 Å². The van der Waals surface area contributed by atoms with Crippen molar-refractivity contribution >= 4 is 62.4 Å². The zero-order valence-electron chi connectivity index (χ0n) is 28.4. The van der Waals surface area contributed by atoms with E-state index in [1.54, 1.807) is 18.2 Å². The number of nitrogens with one attached hydrogen (secondary N) is 1. The van der Waals surface area contributed by atoms with Crippen LogP contribution in [0.2, 0.25) is 10.0 Å². The van der Waals surface area contributed by atoms with Crippen molar-refractivity contribution in [2.45, 2.75) is 83.2 Å². The molecule has 51 heavy (non-hydrogen) atoms. The molecule has 5 aliphatic rings. The number of nitriles is 1. The van der Waals surface area contributed by atoms with E-state index < -0.39 is 5.82 Å². The summed E-state index contributed by atoms with van der Waals surface area (Å²) in [6.45, 7) is 5.83. The van der Waals surface area contributed by atoms with Gasteiger partial charge in [-0.2, -0.15) is 9.64 Å². The van der Waals surface area contributed by atoms with E-state index in [9.17, 15) is 10.1 Å². The molecule has 3 saturated heterocycles. The van der Waals surface area contributed by atoms with Gasteiger partial charge in [0.25, 0.3) is 0 Å². The molecule has 12 heteroatoms. The van der Waals surface area contributed by atoms with Crippen molar-refractivity contribution in [3.8, 4) is 17.2 Å². The average molecular weight is 744 g/mol. The summed E-state index contributed by atoms with van der Waals surface area (Å²) in [4.78, 5) is 20.9. The van der Waals surface area contributed by atoms with Crippen LogP contribution in [0.15, 0.2) is 35.7 Å². The zero-order valence-corrected chi connectivity index (χ0v) is 30.7. The molecule has 262 valence electrons. The molecule has 5 fully saturated rings. The van der Waals surface area contributed by atoms with Crippen molar-refractivity contribution in [3.05, 3.63) is 79.8 Å². The van der Waals surface area contributed by atoms with Crippen molar-refractivity contribution in [3.63, 3.8) is 0 Å². The molecule has 8 nitrogen and oxygen atoms in total. The zero-order chi connectivity index (χ0) is 35.1.